The van der Waals surface area contributed by atoms with Crippen LogP contribution >= 0.6 is 0 Å². The number of carbonyl (C=O) groups is 1. The molecule has 0 saturated heterocycles. The Labute approximate surface area is 96.6 Å². The third-order valence-corrected chi connectivity index (χ3v) is 2.18. The Morgan fingerprint density at radius 3 is 2.06 bits per heavy atom. The molecule has 0 heterocycles. The topological polar surface area (TPSA) is 74.0 Å². The molecule has 6 nitrogen and oxygen atoms in total. The summed E-state index contributed by atoms with van der Waals surface area (Å²) in [6, 6.07) is -0.626. The van der Waals surface area contributed by atoms with Gasteiger partial charge < -0.3 is 19.9 Å². The fraction of sp³-hybridized carbons (Fsp3) is 0.900. The first-order chi connectivity index (χ1) is 7.65. The highest BCUT2D eigenvalue weighted by molar-refractivity contribution is 5.75. The molecule has 6 heteroatoms. The summed E-state index contributed by atoms with van der Waals surface area (Å²) in [5.41, 5.74) is 5.67. The van der Waals surface area contributed by atoms with E-state index in [9.17, 15) is 4.79 Å². The van der Waals surface area contributed by atoms with Gasteiger partial charge in [-0.05, 0) is 0 Å². The van der Waals surface area contributed by atoms with Gasteiger partial charge in [-0.3, -0.25) is 9.69 Å². The van der Waals surface area contributed by atoms with E-state index in [0.717, 1.165) is 0 Å². The van der Waals surface area contributed by atoms with Crippen LogP contribution in [0.1, 0.15) is 0 Å². The van der Waals surface area contributed by atoms with Gasteiger partial charge in [0, 0.05) is 33.9 Å². The second kappa shape index (κ2) is 9.53. The second-order valence-electron chi connectivity index (χ2n) is 3.42. The molecule has 0 amide bonds. The van der Waals surface area contributed by atoms with E-state index >= 15 is 0 Å². The molecular weight excluding hydrogens is 212 g/mol. The van der Waals surface area contributed by atoms with Gasteiger partial charge in [-0.15, -0.1) is 0 Å². The summed E-state index contributed by atoms with van der Waals surface area (Å²) in [4.78, 5) is 13.2. The van der Waals surface area contributed by atoms with Crippen molar-refractivity contribution in [2.45, 2.75) is 6.04 Å². The van der Waals surface area contributed by atoms with Crippen LogP contribution in [0.5, 0.6) is 0 Å². The van der Waals surface area contributed by atoms with Crippen LogP contribution in [0.2, 0.25) is 0 Å². The van der Waals surface area contributed by atoms with Crippen molar-refractivity contribution in [3.05, 3.63) is 0 Å². The first-order valence-electron chi connectivity index (χ1n) is 5.19. The lowest BCUT2D eigenvalue weighted by Gasteiger charge is -2.23. The number of ether oxygens (including phenoxy) is 3. The Bertz CT molecular complexity index is 182. The van der Waals surface area contributed by atoms with E-state index in [4.69, 9.17) is 15.2 Å². The fourth-order valence-electron chi connectivity index (χ4n) is 1.24. The molecule has 0 aliphatic carbocycles. The number of hydrogen-bond acceptors (Lipinski definition) is 6. The minimum Gasteiger partial charge on any atom is -0.468 e. The van der Waals surface area contributed by atoms with Crippen molar-refractivity contribution in [3.8, 4) is 0 Å². The lowest BCUT2D eigenvalue weighted by molar-refractivity contribution is -0.142. The van der Waals surface area contributed by atoms with Crippen molar-refractivity contribution in [1.29, 1.82) is 0 Å². The Morgan fingerprint density at radius 2 is 1.69 bits per heavy atom. The average Bonchev–Trinajstić information content (AvgIpc) is 2.31. The highest BCUT2D eigenvalue weighted by Crippen LogP contribution is 1.93. The zero-order chi connectivity index (χ0) is 12.4. The third-order valence-electron chi connectivity index (χ3n) is 2.18. The van der Waals surface area contributed by atoms with Crippen LogP contribution in [-0.2, 0) is 19.0 Å². The average molecular weight is 234 g/mol. The molecule has 0 fully saturated rings. The van der Waals surface area contributed by atoms with E-state index in [1.165, 1.54) is 7.11 Å². The van der Waals surface area contributed by atoms with Crippen LogP contribution in [0, 0.1) is 0 Å². The van der Waals surface area contributed by atoms with Crippen LogP contribution in [0.4, 0.5) is 0 Å². The molecule has 1 atom stereocenters. The fourth-order valence-corrected chi connectivity index (χ4v) is 1.24. The molecule has 0 aliphatic heterocycles. The molecule has 0 aromatic carbocycles. The first kappa shape index (κ1) is 15.3. The Balaban J connectivity index is 4.01. The molecular formula is C10H22N2O4. The van der Waals surface area contributed by atoms with Gasteiger partial charge in [0.1, 0.15) is 6.04 Å². The highest BCUT2D eigenvalue weighted by atomic mass is 16.5. The second-order valence-corrected chi connectivity index (χ2v) is 3.42. The molecule has 0 saturated carbocycles. The van der Waals surface area contributed by atoms with Crippen LogP contribution in [0.3, 0.4) is 0 Å². The zero-order valence-electron chi connectivity index (χ0n) is 10.3. The van der Waals surface area contributed by atoms with E-state index in [-0.39, 0.29) is 0 Å². The summed E-state index contributed by atoms with van der Waals surface area (Å²) < 4.78 is 14.5. The zero-order valence-corrected chi connectivity index (χ0v) is 10.3. The minimum atomic E-state index is -0.626. The van der Waals surface area contributed by atoms with E-state index in [2.05, 4.69) is 4.74 Å². The highest BCUT2D eigenvalue weighted by Gasteiger charge is 2.17. The maximum atomic E-state index is 11.2. The molecule has 0 aromatic heterocycles. The van der Waals surface area contributed by atoms with Crippen molar-refractivity contribution < 1.29 is 19.0 Å². The molecule has 0 spiro atoms. The summed E-state index contributed by atoms with van der Waals surface area (Å²) in [7, 11) is 4.60. The minimum absolute atomic E-state index is 0.403. The molecule has 2 N–H and O–H groups in total. The van der Waals surface area contributed by atoms with Crippen molar-refractivity contribution in [2.75, 3.05) is 54.2 Å². The Hall–Kier alpha value is -0.690. The number of nitrogens with two attached hydrogens (primary N) is 1. The lowest BCUT2D eigenvalue weighted by atomic mass is 10.3. The SMILES string of the molecule is COCCN(CCOC)CC(N)C(=O)OC. The number of nitrogens with zero attached hydrogens (tertiary/aromatic N) is 1. The number of carbonyl (C=O) groups excluding carboxylic acids is 1. The number of esters is 1. The predicted octanol–water partition coefficient (Wildman–Crippen LogP) is -0.918. The predicted molar refractivity (Wildman–Crippen MR) is 60.2 cm³/mol. The quantitative estimate of drug-likeness (QED) is 0.520. The molecule has 0 aromatic rings. The van der Waals surface area contributed by atoms with E-state index in [1.807, 2.05) is 4.90 Å². The lowest BCUT2D eigenvalue weighted by Crippen LogP contribution is -2.45. The molecule has 0 radical (unpaired) electrons. The molecule has 0 rings (SSSR count). The number of hydrogen-bond donors (Lipinski definition) is 1. The van der Waals surface area contributed by atoms with Gasteiger partial charge in [-0.2, -0.15) is 0 Å². The Morgan fingerprint density at radius 1 is 1.19 bits per heavy atom. The van der Waals surface area contributed by atoms with Crippen molar-refractivity contribution in [2.24, 2.45) is 5.73 Å². The molecule has 1 unspecified atom stereocenters. The number of rotatable bonds is 9. The Kier molecular flexibility index (Phi) is 9.12. The normalized spacial score (nSPS) is 12.8. The maximum Gasteiger partial charge on any atom is 0.323 e. The number of methoxy groups -OCH3 is 3. The molecule has 96 valence electrons. The summed E-state index contributed by atoms with van der Waals surface area (Å²) >= 11 is 0. The van der Waals surface area contributed by atoms with Crippen LogP contribution in [-0.4, -0.2) is 71.1 Å². The van der Waals surface area contributed by atoms with Gasteiger partial charge in [0.2, 0.25) is 0 Å². The van der Waals surface area contributed by atoms with Gasteiger partial charge in [0.25, 0.3) is 0 Å². The third kappa shape index (κ3) is 6.73. The van der Waals surface area contributed by atoms with Crippen LogP contribution in [0.15, 0.2) is 0 Å². The summed E-state index contributed by atoms with van der Waals surface area (Å²) in [6.45, 7) is 3.06. The van der Waals surface area contributed by atoms with Crippen molar-refractivity contribution >= 4 is 5.97 Å². The standard InChI is InChI=1S/C10H22N2O4/c1-14-6-4-12(5-7-15-2)8-9(11)10(13)16-3/h9H,4-8,11H2,1-3H3. The summed E-state index contributed by atoms with van der Waals surface area (Å²) in [5, 5.41) is 0. The van der Waals surface area contributed by atoms with Crippen molar-refractivity contribution in [3.63, 3.8) is 0 Å². The smallest absolute Gasteiger partial charge is 0.323 e. The van der Waals surface area contributed by atoms with Gasteiger partial charge >= 0.3 is 5.97 Å². The van der Waals surface area contributed by atoms with Crippen molar-refractivity contribution in [1.82, 2.24) is 4.90 Å². The molecule has 0 aliphatic rings. The maximum absolute atomic E-state index is 11.2. The van der Waals surface area contributed by atoms with Gasteiger partial charge in [0.05, 0.1) is 20.3 Å². The van der Waals surface area contributed by atoms with Gasteiger partial charge in [-0.1, -0.05) is 0 Å². The van der Waals surface area contributed by atoms with E-state index in [0.29, 0.717) is 32.8 Å². The molecule has 0 bridgehead atoms. The van der Waals surface area contributed by atoms with E-state index in [1.54, 1.807) is 14.2 Å². The first-order valence-corrected chi connectivity index (χ1v) is 5.19. The van der Waals surface area contributed by atoms with Gasteiger partial charge in [-0.25, -0.2) is 0 Å². The summed E-state index contributed by atoms with van der Waals surface area (Å²) in [5.74, 6) is -0.403. The van der Waals surface area contributed by atoms with E-state index < -0.39 is 12.0 Å². The monoisotopic (exact) mass is 234 g/mol. The van der Waals surface area contributed by atoms with Gasteiger partial charge in [0.15, 0.2) is 0 Å². The summed E-state index contributed by atoms with van der Waals surface area (Å²) in [6.07, 6.45) is 0. The van der Waals surface area contributed by atoms with Crippen LogP contribution < -0.4 is 5.73 Å². The largest absolute Gasteiger partial charge is 0.468 e. The molecule has 16 heavy (non-hydrogen) atoms. The van der Waals surface area contributed by atoms with Crippen LogP contribution in [0.25, 0.3) is 0 Å².